The molecule has 1 unspecified atom stereocenters. The molecule has 2 aromatic heterocycles. The van der Waals surface area contributed by atoms with E-state index in [1.54, 1.807) is 13.8 Å². The summed E-state index contributed by atoms with van der Waals surface area (Å²) in [5.74, 6) is 1.35. The van der Waals surface area contributed by atoms with Crippen molar-refractivity contribution >= 4 is 22.9 Å². The fourth-order valence-electron chi connectivity index (χ4n) is 3.60. The van der Waals surface area contributed by atoms with E-state index >= 15 is 0 Å². The number of esters is 1. The van der Waals surface area contributed by atoms with Crippen LogP contribution in [0.25, 0.3) is 11.1 Å². The van der Waals surface area contributed by atoms with Crippen LogP contribution in [0.4, 0.5) is 5.82 Å². The molecule has 3 rings (SSSR count). The Morgan fingerprint density at radius 3 is 2.88 bits per heavy atom. The van der Waals surface area contributed by atoms with Crippen molar-refractivity contribution in [2.24, 2.45) is 0 Å². The number of furan rings is 1. The third kappa shape index (κ3) is 3.82. The van der Waals surface area contributed by atoms with E-state index in [0.717, 1.165) is 19.6 Å². The highest BCUT2D eigenvalue weighted by Crippen LogP contribution is 2.30. The zero-order valence-corrected chi connectivity index (χ0v) is 16.1. The predicted molar refractivity (Wildman–Crippen MR) is 101 cm³/mol. The van der Waals surface area contributed by atoms with Gasteiger partial charge in [0.05, 0.1) is 12.0 Å². The van der Waals surface area contributed by atoms with E-state index in [9.17, 15) is 4.79 Å². The highest BCUT2D eigenvalue weighted by atomic mass is 16.5. The minimum Gasteiger partial charge on any atom is -0.462 e. The van der Waals surface area contributed by atoms with Gasteiger partial charge in [-0.1, -0.05) is 6.42 Å². The summed E-state index contributed by atoms with van der Waals surface area (Å²) in [6, 6.07) is 0.615. The van der Waals surface area contributed by atoms with Crippen molar-refractivity contribution in [2.75, 3.05) is 31.6 Å². The largest absolute Gasteiger partial charge is 0.462 e. The number of anilines is 1. The number of carbonyl (C=O) groups is 1. The standard InChI is InChI=1S/C19H28N4O3/c1-5-25-19(24)15-13(3)26-18-16(15)17(21-14(4)22-18)20-9-11-23-10-7-6-8-12(23)2/h12H,5-11H2,1-4H3,(H,20,21,22). The summed E-state index contributed by atoms with van der Waals surface area (Å²) in [4.78, 5) is 23.7. The topological polar surface area (TPSA) is 80.5 Å². The van der Waals surface area contributed by atoms with Crippen LogP contribution in [0.5, 0.6) is 0 Å². The molecule has 3 heterocycles. The molecule has 1 atom stereocenters. The third-order valence-corrected chi connectivity index (χ3v) is 4.95. The summed E-state index contributed by atoms with van der Waals surface area (Å²) in [7, 11) is 0. The fraction of sp³-hybridized carbons (Fsp3) is 0.632. The van der Waals surface area contributed by atoms with Crippen LogP contribution in [0.1, 0.15) is 55.1 Å². The van der Waals surface area contributed by atoms with Gasteiger partial charge >= 0.3 is 5.97 Å². The minimum atomic E-state index is -0.399. The van der Waals surface area contributed by atoms with E-state index in [-0.39, 0.29) is 0 Å². The molecule has 1 aliphatic heterocycles. The molecule has 26 heavy (non-hydrogen) atoms. The molecular weight excluding hydrogens is 332 g/mol. The maximum Gasteiger partial charge on any atom is 0.342 e. The Kier molecular flexibility index (Phi) is 5.76. The van der Waals surface area contributed by atoms with Crippen LogP contribution in [-0.4, -0.2) is 53.1 Å². The second kappa shape index (κ2) is 8.03. The van der Waals surface area contributed by atoms with Gasteiger partial charge in [0.2, 0.25) is 5.71 Å². The highest BCUT2D eigenvalue weighted by molar-refractivity contribution is 6.07. The average molecular weight is 360 g/mol. The Hall–Kier alpha value is -2.15. The first-order chi connectivity index (χ1) is 12.5. The molecule has 0 saturated carbocycles. The van der Waals surface area contributed by atoms with Crippen LogP contribution < -0.4 is 5.32 Å². The Morgan fingerprint density at radius 1 is 1.35 bits per heavy atom. The van der Waals surface area contributed by atoms with E-state index in [1.807, 2.05) is 6.92 Å². The van der Waals surface area contributed by atoms with E-state index in [1.165, 1.54) is 19.3 Å². The summed E-state index contributed by atoms with van der Waals surface area (Å²) in [5.41, 5.74) is 0.836. The smallest absolute Gasteiger partial charge is 0.342 e. The van der Waals surface area contributed by atoms with Crippen molar-refractivity contribution in [2.45, 2.75) is 53.0 Å². The molecule has 1 N–H and O–H groups in total. The van der Waals surface area contributed by atoms with Crippen molar-refractivity contribution in [3.8, 4) is 0 Å². The molecule has 0 aromatic carbocycles. The van der Waals surface area contributed by atoms with E-state index < -0.39 is 5.97 Å². The summed E-state index contributed by atoms with van der Waals surface area (Å²) in [6.45, 7) is 10.8. The summed E-state index contributed by atoms with van der Waals surface area (Å²) < 4.78 is 10.9. The number of hydrogen-bond acceptors (Lipinski definition) is 7. The van der Waals surface area contributed by atoms with Gasteiger partial charge in [-0.15, -0.1) is 0 Å². The van der Waals surface area contributed by atoms with Gasteiger partial charge in [0.1, 0.15) is 23.0 Å². The Labute approximate surface area is 154 Å². The van der Waals surface area contributed by atoms with Crippen LogP contribution in [0, 0.1) is 13.8 Å². The van der Waals surface area contributed by atoms with E-state index in [2.05, 4.69) is 27.1 Å². The number of carbonyl (C=O) groups excluding carboxylic acids is 1. The molecule has 0 radical (unpaired) electrons. The average Bonchev–Trinajstić information content (AvgIpc) is 2.92. The van der Waals surface area contributed by atoms with Gasteiger partial charge in [-0.2, -0.15) is 4.98 Å². The first-order valence-electron chi connectivity index (χ1n) is 9.44. The lowest BCUT2D eigenvalue weighted by Crippen LogP contribution is -2.40. The quantitative estimate of drug-likeness (QED) is 0.792. The lowest BCUT2D eigenvalue weighted by Gasteiger charge is -2.33. The van der Waals surface area contributed by atoms with E-state index in [0.29, 0.717) is 46.7 Å². The normalized spacial score (nSPS) is 18.2. The van der Waals surface area contributed by atoms with Crippen molar-refractivity contribution in [3.63, 3.8) is 0 Å². The molecule has 1 saturated heterocycles. The zero-order valence-electron chi connectivity index (χ0n) is 16.1. The second-order valence-corrected chi connectivity index (χ2v) is 6.86. The van der Waals surface area contributed by atoms with Crippen LogP contribution >= 0.6 is 0 Å². The van der Waals surface area contributed by atoms with Crippen molar-refractivity contribution in [3.05, 3.63) is 17.1 Å². The SMILES string of the molecule is CCOC(=O)c1c(C)oc2nc(C)nc(NCCN3CCCCC3C)c12. The van der Waals surface area contributed by atoms with Crippen LogP contribution in [0.15, 0.2) is 4.42 Å². The van der Waals surface area contributed by atoms with Crippen LogP contribution in [0.2, 0.25) is 0 Å². The molecule has 1 aliphatic rings. The molecule has 0 bridgehead atoms. The number of nitrogens with zero attached hydrogens (tertiary/aromatic N) is 3. The van der Waals surface area contributed by atoms with Gasteiger partial charge in [-0.3, -0.25) is 4.90 Å². The number of likely N-dealkylation sites (tertiary alicyclic amines) is 1. The fourth-order valence-corrected chi connectivity index (χ4v) is 3.60. The lowest BCUT2D eigenvalue weighted by molar-refractivity contribution is 0.0526. The molecule has 1 fully saturated rings. The summed E-state index contributed by atoms with van der Waals surface area (Å²) in [6.07, 6.45) is 3.83. The van der Waals surface area contributed by atoms with Gasteiger partial charge in [-0.25, -0.2) is 9.78 Å². The number of fused-ring (bicyclic) bond motifs is 1. The Bertz CT molecular complexity index is 787. The molecule has 0 amide bonds. The molecule has 142 valence electrons. The lowest BCUT2D eigenvalue weighted by atomic mass is 10.0. The number of nitrogens with one attached hydrogen (secondary N) is 1. The molecule has 0 spiro atoms. The Balaban J connectivity index is 1.83. The van der Waals surface area contributed by atoms with E-state index in [4.69, 9.17) is 9.15 Å². The van der Waals surface area contributed by atoms with Crippen molar-refractivity contribution in [1.29, 1.82) is 0 Å². The Morgan fingerprint density at radius 2 is 2.15 bits per heavy atom. The summed E-state index contributed by atoms with van der Waals surface area (Å²) in [5, 5.41) is 4.00. The molecular formula is C19H28N4O3. The number of aromatic nitrogens is 2. The number of ether oxygens (including phenoxy) is 1. The van der Waals surface area contributed by atoms with Crippen LogP contribution in [-0.2, 0) is 4.74 Å². The number of hydrogen-bond donors (Lipinski definition) is 1. The second-order valence-electron chi connectivity index (χ2n) is 6.86. The van der Waals surface area contributed by atoms with Gasteiger partial charge in [0.15, 0.2) is 0 Å². The maximum absolute atomic E-state index is 12.4. The number of rotatable bonds is 6. The number of piperidine rings is 1. The summed E-state index contributed by atoms with van der Waals surface area (Å²) >= 11 is 0. The monoisotopic (exact) mass is 360 g/mol. The van der Waals surface area contributed by atoms with Gasteiger partial charge in [0.25, 0.3) is 0 Å². The zero-order chi connectivity index (χ0) is 18.7. The first kappa shape index (κ1) is 18.6. The molecule has 7 heteroatoms. The third-order valence-electron chi connectivity index (χ3n) is 4.95. The predicted octanol–water partition coefficient (Wildman–Crippen LogP) is 3.30. The van der Waals surface area contributed by atoms with Crippen molar-refractivity contribution < 1.29 is 13.9 Å². The molecule has 0 aliphatic carbocycles. The van der Waals surface area contributed by atoms with Crippen molar-refractivity contribution in [1.82, 2.24) is 14.9 Å². The minimum absolute atomic E-state index is 0.313. The highest BCUT2D eigenvalue weighted by Gasteiger charge is 2.24. The van der Waals surface area contributed by atoms with Gasteiger partial charge < -0.3 is 14.5 Å². The van der Waals surface area contributed by atoms with Crippen LogP contribution in [0.3, 0.4) is 0 Å². The van der Waals surface area contributed by atoms with Gasteiger partial charge in [-0.05, 0) is 47.1 Å². The maximum atomic E-state index is 12.4. The molecule has 2 aromatic rings. The number of aryl methyl sites for hydroxylation is 2. The van der Waals surface area contributed by atoms with Gasteiger partial charge in [0, 0.05) is 19.1 Å². The first-order valence-corrected chi connectivity index (χ1v) is 9.44. The molecule has 7 nitrogen and oxygen atoms in total.